The Balaban J connectivity index is 3.36. The van der Waals surface area contributed by atoms with Crippen molar-refractivity contribution in [1.82, 2.24) is 15.5 Å². The molecule has 3 atom stereocenters. The quantitative estimate of drug-likeness (QED) is 0.416. The zero-order chi connectivity index (χ0) is 28.2. The van der Waals surface area contributed by atoms with Crippen LogP contribution in [-0.2, 0) is 19.8 Å². The second kappa shape index (κ2) is 12.0. The fraction of sp³-hybridized carbons (Fsp3) is 0.593. The summed E-state index contributed by atoms with van der Waals surface area (Å²) in [5.74, 6) is -3.54. The predicted molar refractivity (Wildman–Crippen MR) is 136 cm³/mol. The van der Waals surface area contributed by atoms with Crippen molar-refractivity contribution in [2.75, 3.05) is 14.1 Å². The van der Waals surface area contributed by atoms with Gasteiger partial charge in [0.1, 0.15) is 17.7 Å². The summed E-state index contributed by atoms with van der Waals surface area (Å²) in [7, 11) is 3.15. The number of carbonyl (C=O) groups excluding carboxylic acids is 2. The average molecular weight is 510 g/mol. The molecule has 202 valence electrons. The number of aliphatic carboxylic acids is 1. The number of carboxylic acids is 1. The van der Waals surface area contributed by atoms with Crippen molar-refractivity contribution in [3.05, 3.63) is 47.0 Å². The van der Waals surface area contributed by atoms with Gasteiger partial charge >= 0.3 is 5.97 Å². The lowest BCUT2D eigenvalue weighted by atomic mass is 9.76. The molecule has 0 unspecified atom stereocenters. The third-order valence-corrected chi connectivity index (χ3v) is 6.51. The molecule has 0 saturated heterocycles. The maximum atomic E-state index is 13.9. The first-order valence-electron chi connectivity index (χ1n) is 12.0. The van der Waals surface area contributed by atoms with Gasteiger partial charge in [0, 0.05) is 24.1 Å². The predicted octanol–water partition coefficient (Wildman–Crippen LogP) is 3.88. The Labute approximate surface area is 213 Å². The number of halogens is 2. The zero-order valence-corrected chi connectivity index (χ0v) is 23.0. The molecule has 9 heteroatoms. The van der Waals surface area contributed by atoms with E-state index >= 15 is 0 Å². The van der Waals surface area contributed by atoms with Crippen LogP contribution in [0.3, 0.4) is 0 Å². The van der Waals surface area contributed by atoms with Crippen molar-refractivity contribution in [2.45, 2.75) is 78.9 Å². The van der Waals surface area contributed by atoms with Crippen LogP contribution >= 0.6 is 0 Å². The van der Waals surface area contributed by atoms with Gasteiger partial charge in [0.2, 0.25) is 11.8 Å². The van der Waals surface area contributed by atoms with E-state index in [2.05, 4.69) is 10.6 Å². The zero-order valence-electron chi connectivity index (χ0n) is 23.0. The van der Waals surface area contributed by atoms with Crippen LogP contribution < -0.4 is 10.6 Å². The molecular weight excluding hydrogens is 468 g/mol. The Morgan fingerprint density at radius 2 is 1.50 bits per heavy atom. The highest BCUT2D eigenvalue weighted by atomic mass is 19.1. The van der Waals surface area contributed by atoms with Gasteiger partial charge in [-0.3, -0.25) is 9.59 Å². The second-order valence-corrected chi connectivity index (χ2v) is 11.2. The maximum absolute atomic E-state index is 13.9. The van der Waals surface area contributed by atoms with Crippen LogP contribution in [-0.4, -0.2) is 60.0 Å². The van der Waals surface area contributed by atoms with Crippen molar-refractivity contribution in [3.63, 3.8) is 0 Å². The molecule has 0 radical (unpaired) electrons. The van der Waals surface area contributed by atoms with E-state index in [1.165, 1.54) is 30.0 Å². The number of benzene rings is 1. The lowest BCUT2D eigenvalue weighted by Gasteiger charge is -2.40. The summed E-state index contributed by atoms with van der Waals surface area (Å²) in [4.78, 5) is 40.0. The lowest BCUT2D eigenvalue weighted by molar-refractivity contribution is -0.141. The summed E-state index contributed by atoms with van der Waals surface area (Å²) in [5, 5.41) is 15.1. The molecule has 0 spiro atoms. The minimum atomic E-state index is -1.07. The van der Waals surface area contributed by atoms with Gasteiger partial charge in [0.15, 0.2) is 0 Å². The fourth-order valence-corrected chi connectivity index (χ4v) is 4.22. The van der Waals surface area contributed by atoms with E-state index in [0.29, 0.717) is 5.56 Å². The van der Waals surface area contributed by atoms with Crippen molar-refractivity contribution in [2.24, 2.45) is 11.3 Å². The molecule has 1 aromatic rings. The molecule has 36 heavy (non-hydrogen) atoms. The van der Waals surface area contributed by atoms with Crippen LogP contribution in [0.1, 0.15) is 61.0 Å². The van der Waals surface area contributed by atoms with Gasteiger partial charge in [0.05, 0.1) is 12.1 Å². The van der Waals surface area contributed by atoms with Gasteiger partial charge < -0.3 is 20.6 Å². The first kappa shape index (κ1) is 31.2. The molecule has 1 aromatic carbocycles. The average Bonchev–Trinajstić information content (AvgIpc) is 2.73. The fourth-order valence-electron chi connectivity index (χ4n) is 4.22. The molecule has 7 nitrogen and oxygen atoms in total. The first-order chi connectivity index (χ1) is 16.3. The summed E-state index contributed by atoms with van der Waals surface area (Å²) >= 11 is 0. The first-order valence-corrected chi connectivity index (χ1v) is 12.0. The van der Waals surface area contributed by atoms with Crippen LogP contribution in [0.25, 0.3) is 0 Å². The minimum Gasteiger partial charge on any atom is -0.478 e. The lowest BCUT2D eigenvalue weighted by Crippen LogP contribution is -2.61. The number of hydrogen-bond donors (Lipinski definition) is 3. The summed E-state index contributed by atoms with van der Waals surface area (Å²) in [6, 6.07) is 0.754. The molecule has 1 rings (SSSR count). The third-order valence-electron chi connectivity index (χ3n) is 6.51. The number of carboxylic acid groups (broad SMARTS) is 1. The number of nitrogens with zero attached hydrogens (tertiary/aromatic N) is 1. The third kappa shape index (κ3) is 7.59. The van der Waals surface area contributed by atoms with E-state index in [1.54, 1.807) is 27.9 Å². The number of hydrogen-bond acceptors (Lipinski definition) is 4. The van der Waals surface area contributed by atoms with Crippen molar-refractivity contribution in [3.8, 4) is 0 Å². The number of likely N-dealkylation sites (N-methyl/N-ethyl adjacent to an activating group) is 2. The molecule has 0 aliphatic rings. The Bertz CT molecular complexity index is 979. The van der Waals surface area contributed by atoms with Gasteiger partial charge in [-0.15, -0.1) is 0 Å². The van der Waals surface area contributed by atoms with Gasteiger partial charge in [-0.05, 0) is 43.0 Å². The molecule has 0 saturated carbocycles. The highest BCUT2D eigenvalue weighted by Crippen LogP contribution is 2.30. The molecule has 0 aliphatic heterocycles. The van der Waals surface area contributed by atoms with E-state index < -0.39 is 52.5 Å². The van der Waals surface area contributed by atoms with Crippen LogP contribution in [0.2, 0.25) is 0 Å². The molecule has 0 bridgehead atoms. The van der Waals surface area contributed by atoms with Gasteiger partial charge in [-0.1, -0.05) is 54.5 Å². The SMILES string of the molecule is CN[C@@H](C(=O)N[C@H](C(=O)N(C)[C@H](C=C(C)C(=O)O)C(C)C)C(C)(C)C)C(C)(C)c1cc(F)cc(F)c1. The molecule has 2 amide bonds. The van der Waals surface area contributed by atoms with Gasteiger partial charge in [-0.2, -0.15) is 0 Å². The van der Waals surface area contributed by atoms with Crippen molar-refractivity contribution in [1.29, 1.82) is 0 Å². The van der Waals surface area contributed by atoms with Gasteiger partial charge in [0.25, 0.3) is 0 Å². The minimum absolute atomic E-state index is 0.0866. The van der Waals surface area contributed by atoms with E-state index in [0.717, 1.165) is 6.07 Å². The van der Waals surface area contributed by atoms with Gasteiger partial charge in [-0.25, -0.2) is 13.6 Å². The molecule has 3 N–H and O–H groups in total. The van der Waals surface area contributed by atoms with E-state index in [9.17, 15) is 28.3 Å². The largest absolute Gasteiger partial charge is 0.478 e. The number of carbonyl (C=O) groups is 3. The highest BCUT2D eigenvalue weighted by Gasteiger charge is 2.42. The van der Waals surface area contributed by atoms with Crippen LogP contribution in [0.5, 0.6) is 0 Å². The number of nitrogens with one attached hydrogen (secondary N) is 2. The summed E-state index contributed by atoms with van der Waals surface area (Å²) in [6.45, 7) is 14.0. The Hall–Kier alpha value is -2.81. The summed E-state index contributed by atoms with van der Waals surface area (Å²) < 4.78 is 27.8. The van der Waals surface area contributed by atoms with Crippen molar-refractivity contribution >= 4 is 17.8 Å². The van der Waals surface area contributed by atoms with Crippen molar-refractivity contribution < 1.29 is 28.3 Å². The normalized spacial score (nSPS) is 15.3. The molecular formula is C27H41F2N3O4. The van der Waals surface area contributed by atoms with Crippen LogP contribution in [0.15, 0.2) is 29.8 Å². The smallest absolute Gasteiger partial charge is 0.331 e. The maximum Gasteiger partial charge on any atom is 0.331 e. The molecule has 0 aromatic heterocycles. The molecule has 0 heterocycles. The Morgan fingerprint density at radius 3 is 1.89 bits per heavy atom. The molecule has 0 fully saturated rings. The second-order valence-electron chi connectivity index (χ2n) is 11.2. The van der Waals surface area contributed by atoms with E-state index in [4.69, 9.17) is 0 Å². The monoisotopic (exact) mass is 509 g/mol. The summed E-state index contributed by atoms with van der Waals surface area (Å²) in [6.07, 6.45) is 1.53. The van der Waals surface area contributed by atoms with Crippen LogP contribution in [0, 0.1) is 23.0 Å². The standard InChI is InChI=1S/C27H41F2N3O4/c1-15(2)20(11-16(3)25(35)36)32(10)24(34)22(26(4,5)6)31-23(33)21(30-9)27(7,8)17-12-18(28)14-19(29)13-17/h11-15,20-22,30H,1-10H3,(H,31,33)(H,35,36)/t20-,21+,22-/m1/s1. The number of rotatable bonds is 10. The Kier molecular flexibility index (Phi) is 10.4. The highest BCUT2D eigenvalue weighted by molar-refractivity contribution is 5.91. The van der Waals surface area contributed by atoms with E-state index in [-0.39, 0.29) is 17.4 Å². The topological polar surface area (TPSA) is 98.7 Å². The van der Waals surface area contributed by atoms with E-state index in [1.807, 2.05) is 34.6 Å². The Morgan fingerprint density at radius 1 is 1.00 bits per heavy atom. The summed E-state index contributed by atoms with van der Waals surface area (Å²) in [5.41, 5.74) is -1.31. The molecule has 0 aliphatic carbocycles. The number of amides is 2. The van der Waals surface area contributed by atoms with Crippen LogP contribution in [0.4, 0.5) is 8.78 Å².